The Morgan fingerprint density at radius 3 is 3.10 bits per heavy atom. The molecule has 0 unspecified atom stereocenters. The first kappa shape index (κ1) is 13.5. The smallest absolute Gasteiger partial charge is 0.271 e. The SMILES string of the molecule is O=C(Nc1cccc(CO)c1)c1cnc2sccn2c1=O. The van der Waals surface area contributed by atoms with E-state index >= 15 is 0 Å². The number of nitrogens with zero attached hydrogens (tertiary/aromatic N) is 2. The Kier molecular flexibility index (Phi) is 3.51. The molecule has 0 spiro atoms. The number of benzene rings is 1. The van der Waals surface area contributed by atoms with Crippen LogP contribution in [0.3, 0.4) is 0 Å². The zero-order valence-corrected chi connectivity index (χ0v) is 11.6. The van der Waals surface area contributed by atoms with Gasteiger partial charge in [0.25, 0.3) is 11.5 Å². The van der Waals surface area contributed by atoms with E-state index in [0.29, 0.717) is 16.2 Å². The molecular formula is C14H11N3O3S. The molecule has 2 heterocycles. The number of amides is 1. The number of carbonyl (C=O) groups excluding carboxylic acids is 1. The van der Waals surface area contributed by atoms with Gasteiger partial charge in [0.05, 0.1) is 6.61 Å². The van der Waals surface area contributed by atoms with E-state index in [-0.39, 0.29) is 12.2 Å². The molecule has 3 aromatic rings. The number of aromatic nitrogens is 2. The number of carbonyl (C=O) groups is 1. The summed E-state index contributed by atoms with van der Waals surface area (Å²) in [7, 11) is 0. The van der Waals surface area contributed by atoms with Gasteiger partial charge in [-0.1, -0.05) is 12.1 Å². The molecule has 1 amide bonds. The molecule has 0 fully saturated rings. The van der Waals surface area contributed by atoms with E-state index in [1.54, 1.807) is 35.8 Å². The van der Waals surface area contributed by atoms with Crippen LogP contribution in [0.1, 0.15) is 15.9 Å². The minimum absolute atomic E-state index is 0.0275. The number of fused-ring (bicyclic) bond motifs is 1. The van der Waals surface area contributed by atoms with Crippen molar-refractivity contribution in [3.63, 3.8) is 0 Å². The van der Waals surface area contributed by atoms with Crippen LogP contribution in [0.4, 0.5) is 5.69 Å². The van der Waals surface area contributed by atoms with Crippen LogP contribution in [-0.4, -0.2) is 20.4 Å². The van der Waals surface area contributed by atoms with Crippen molar-refractivity contribution in [3.8, 4) is 0 Å². The molecule has 0 aliphatic carbocycles. The van der Waals surface area contributed by atoms with Crippen molar-refractivity contribution in [2.75, 3.05) is 5.32 Å². The molecule has 7 heteroatoms. The van der Waals surface area contributed by atoms with Crippen molar-refractivity contribution >= 4 is 27.9 Å². The third-order valence-electron chi connectivity index (χ3n) is 2.95. The van der Waals surface area contributed by atoms with Gasteiger partial charge in [0.1, 0.15) is 5.56 Å². The molecule has 0 aliphatic rings. The van der Waals surface area contributed by atoms with Gasteiger partial charge in [0, 0.05) is 23.5 Å². The van der Waals surface area contributed by atoms with Crippen LogP contribution in [0.15, 0.2) is 46.8 Å². The van der Waals surface area contributed by atoms with Gasteiger partial charge in [-0.15, -0.1) is 11.3 Å². The molecule has 0 bridgehead atoms. The normalized spacial score (nSPS) is 10.7. The fraction of sp³-hybridized carbons (Fsp3) is 0.0714. The quantitative estimate of drug-likeness (QED) is 0.768. The Hall–Kier alpha value is -2.51. The maximum atomic E-state index is 12.2. The lowest BCUT2D eigenvalue weighted by Crippen LogP contribution is -2.25. The van der Waals surface area contributed by atoms with Crippen molar-refractivity contribution in [3.05, 3.63) is 63.5 Å². The van der Waals surface area contributed by atoms with Gasteiger partial charge in [-0.3, -0.25) is 14.0 Å². The molecule has 3 rings (SSSR count). The van der Waals surface area contributed by atoms with Crippen LogP contribution in [0.5, 0.6) is 0 Å². The second kappa shape index (κ2) is 5.47. The summed E-state index contributed by atoms with van der Waals surface area (Å²) >= 11 is 1.32. The van der Waals surface area contributed by atoms with Gasteiger partial charge in [-0.05, 0) is 17.7 Å². The minimum atomic E-state index is -0.525. The van der Waals surface area contributed by atoms with Crippen LogP contribution in [0.25, 0.3) is 4.96 Å². The monoisotopic (exact) mass is 301 g/mol. The lowest BCUT2D eigenvalue weighted by atomic mass is 10.2. The predicted octanol–water partition coefficient (Wildman–Crippen LogP) is 1.50. The van der Waals surface area contributed by atoms with Gasteiger partial charge >= 0.3 is 0 Å². The molecule has 21 heavy (non-hydrogen) atoms. The third kappa shape index (κ3) is 2.56. The minimum Gasteiger partial charge on any atom is -0.392 e. The van der Waals surface area contributed by atoms with Crippen molar-refractivity contribution in [2.24, 2.45) is 0 Å². The highest BCUT2D eigenvalue weighted by molar-refractivity contribution is 7.15. The zero-order valence-electron chi connectivity index (χ0n) is 10.8. The molecule has 1 aromatic carbocycles. The van der Waals surface area contributed by atoms with E-state index in [0.717, 1.165) is 0 Å². The maximum Gasteiger partial charge on any atom is 0.271 e. The number of thiazole rings is 1. The summed E-state index contributed by atoms with van der Waals surface area (Å²) < 4.78 is 1.34. The summed E-state index contributed by atoms with van der Waals surface area (Å²) in [5, 5.41) is 13.4. The second-order valence-electron chi connectivity index (χ2n) is 4.35. The number of hydrogen-bond acceptors (Lipinski definition) is 5. The van der Waals surface area contributed by atoms with Crippen LogP contribution in [0.2, 0.25) is 0 Å². The fourth-order valence-corrected chi connectivity index (χ4v) is 2.60. The number of aliphatic hydroxyl groups excluding tert-OH is 1. The molecule has 0 aliphatic heterocycles. The summed E-state index contributed by atoms with van der Waals surface area (Å²) in [6.07, 6.45) is 2.86. The fourth-order valence-electron chi connectivity index (χ4n) is 1.93. The zero-order chi connectivity index (χ0) is 14.8. The highest BCUT2D eigenvalue weighted by Crippen LogP contribution is 2.12. The van der Waals surface area contributed by atoms with E-state index < -0.39 is 11.5 Å². The van der Waals surface area contributed by atoms with Crippen molar-refractivity contribution in [1.82, 2.24) is 9.38 Å². The van der Waals surface area contributed by atoms with Crippen molar-refractivity contribution in [2.45, 2.75) is 6.61 Å². The summed E-state index contributed by atoms with van der Waals surface area (Å²) in [6, 6.07) is 6.79. The van der Waals surface area contributed by atoms with Crippen molar-refractivity contribution < 1.29 is 9.90 Å². The first-order chi connectivity index (χ1) is 10.2. The summed E-state index contributed by atoms with van der Waals surface area (Å²) in [5.41, 5.74) is 0.759. The van der Waals surface area contributed by atoms with E-state index in [9.17, 15) is 9.59 Å². The Morgan fingerprint density at radius 1 is 1.43 bits per heavy atom. The molecule has 0 atom stereocenters. The summed E-state index contributed by atoms with van der Waals surface area (Å²) in [4.78, 5) is 29.0. The Balaban J connectivity index is 1.93. The Labute approximate surface area is 123 Å². The first-order valence-electron chi connectivity index (χ1n) is 6.15. The maximum absolute atomic E-state index is 12.2. The van der Waals surface area contributed by atoms with Crippen LogP contribution in [0, 0.1) is 0 Å². The Morgan fingerprint density at radius 2 is 2.29 bits per heavy atom. The Bertz CT molecular complexity index is 869. The van der Waals surface area contributed by atoms with E-state index in [4.69, 9.17) is 5.11 Å². The lowest BCUT2D eigenvalue weighted by molar-refractivity contribution is 0.102. The van der Waals surface area contributed by atoms with E-state index in [1.165, 1.54) is 21.9 Å². The molecular weight excluding hydrogens is 290 g/mol. The number of anilines is 1. The molecule has 6 nitrogen and oxygen atoms in total. The molecule has 2 aromatic heterocycles. The molecule has 0 saturated heterocycles. The highest BCUT2D eigenvalue weighted by atomic mass is 32.1. The predicted molar refractivity (Wildman–Crippen MR) is 79.7 cm³/mol. The third-order valence-corrected chi connectivity index (χ3v) is 3.73. The van der Waals surface area contributed by atoms with E-state index in [1.807, 2.05) is 0 Å². The number of rotatable bonds is 3. The van der Waals surface area contributed by atoms with Gasteiger partial charge in [0.15, 0.2) is 4.96 Å². The average molecular weight is 301 g/mol. The standard InChI is InChI=1S/C14H11N3O3S/c18-8-9-2-1-3-10(6-9)16-12(19)11-7-15-14-17(13(11)20)4-5-21-14/h1-7,18H,8H2,(H,16,19). The van der Waals surface area contributed by atoms with Gasteiger partial charge in [-0.25, -0.2) is 4.98 Å². The molecule has 2 N–H and O–H groups in total. The number of hydrogen-bond donors (Lipinski definition) is 2. The van der Waals surface area contributed by atoms with Gasteiger partial charge < -0.3 is 10.4 Å². The molecule has 106 valence electrons. The number of nitrogens with one attached hydrogen (secondary N) is 1. The van der Waals surface area contributed by atoms with Gasteiger partial charge in [-0.2, -0.15) is 0 Å². The summed E-state index contributed by atoms with van der Waals surface area (Å²) in [6.45, 7) is -0.116. The van der Waals surface area contributed by atoms with E-state index in [2.05, 4.69) is 10.3 Å². The van der Waals surface area contributed by atoms with Crippen LogP contribution >= 0.6 is 11.3 Å². The molecule has 0 saturated carbocycles. The largest absolute Gasteiger partial charge is 0.392 e. The summed E-state index contributed by atoms with van der Waals surface area (Å²) in [5.74, 6) is -0.525. The second-order valence-corrected chi connectivity index (χ2v) is 5.22. The first-order valence-corrected chi connectivity index (χ1v) is 7.03. The topological polar surface area (TPSA) is 83.7 Å². The van der Waals surface area contributed by atoms with Crippen molar-refractivity contribution in [1.29, 1.82) is 0 Å². The average Bonchev–Trinajstić information content (AvgIpc) is 2.97. The van der Waals surface area contributed by atoms with Crippen LogP contribution in [-0.2, 0) is 6.61 Å². The van der Waals surface area contributed by atoms with Gasteiger partial charge in [0.2, 0.25) is 0 Å². The highest BCUT2D eigenvalue weighted by Gasteiger charge is 2.14. The number of aliphatic hydroxyl groups is 1. The van der Waals surface area contributed by atoms with Crippen LogP contribution < -0.4 is 10.9 Å². The lowest BCUT2D eigenvalue weighted by Gasteiger charge is -2.06. The molecule has 0 radical (unpaired) electrons.